The maximum atomic E-state index is 11.3. The number of nitrogens with zero attached hydrogens (tertiary/aromatic N) is 4. The zero-order chi connectivity index (χ0) is 16.4. The minimum absolute atomic E-state index is 0.0999. The van der Waals surface area contributed by atoms with E-state index in [1.165, 1.54) is 29.7 Å². The van der Waals surface area contributed by atoms with Gasteiger partial charge in [0.15, 0.2) is 20.6 Å². The Kier molecular flexibility index (Phi) is 4.13. The number of sulfone groups is 1. The van der Waals surface area contributed by atoms with Gasteiger partial charge in [0.25, 0.3) is 0 Å². The number of thiazole rings is 1. The molecule has 0 unspecified atom stereocenters. The highest BCUT2D eigenvalue weighted by atomic mass is 32.2. The van der Waals surface area contributed by atoms with Crippen molar-refractivity contribution in [3.05, 3.63) is 33.3 Å². The van der Waals surface area contributed by atoms with Crippen LogP contribution in [0.4, 0.5) is 5.88 Å². The van der Waals surface area contributed by atoms with Crippen molar-refractivity contribution in [3.63, 3.8) is 0 Å². The summed E-state index contributed by atoms with van der Waals surface area (Å²) in [5.74, 6) is 0.191. The van der Waals surface area contributed by atoms with Gasteiger partial charge in [-0.15, -0.1) is 11.3 Å². The molecular formula is C12H12N4O5S2. The van der Waals surface area contributed by atoms with Crippen LogP contribution in [0.15, 0.2) is 27.0 Å². The topological polar surface area (TPSA) is 119 Å². The highest BCUT2D eigenvalue weighted by Crippen LogP contribution is 2.28. The van der Waals surface area contributed by atoms with Crippen LogP contribution in [-0.4, -0.2) is 54.1 Å². The molecule has 0 aliphatic carbocycles. The number of hydrazone groups is 1. The lowest BCUT2D eigenvalue weighted by Gasteiger charge is -2.23. The molecule has 2 aromatic heterocycles. The van der Waals surface area contributed by atoms with E-state index in [1.54, 1.807) is 10.4 Å². The standard InChI is InChI=1S/C12H12N4O5S2/c17-16(18)11-2-1-10(21-11)12-14-9(8-22-12)7-13-15-3-5-23(19,20)6-4-15/h1-2,7-8H,3-6H2/b13-7-. The van der Waals surface area contributed by atoms with Crippen molar-refractivity contribution in [3.8, 4) is 10.8 Å². The van der Waals surface area contributed by atoms with E-state index in [0.717, 1.165) is 0 Å². The molecule has 1 aliphatic rings. The fourth-order valence-electron chi connectivity index (χ4n) is 1.96. The normalized spacial score (nSPS) is 17.7. The van der Waals surface area contributed by atoms with Crippen LogP contribution in [0.25, 0.3) is 10.8 Å². The summed E-state index contributed by atoms with van der Waals surface area (Å²) in [5.41, 5.74) is 0.581. The molecule has 0 amide bonds. The Balaban J connectivity index is 1.67. The first-order chi connectivity index (χ1) is 10.9. The maximum absolute atomic E-state index is 11.3. The van der Waals surface area contributed by atoms with Crippen LogP contribution in [0.1, 0.15) is 5.69 Å². The van der Waals surface area contributed by atoms with Gasteiger partial charge in [-0.3, -0.25) is 15.1 Å². The molecule has 0 bridgehead atoms. The largest absolute Gasteiger partial charge is 0.433 e. The van der Waals surface area contributed by atoms with Gasteiger partial charge < -0.3 is 4.42 Å². The summed E-state index contributed by atoms with van der Waals surface area (Å²) in [4.78, 5) is 14.3. The van der Waals surface area contributed by atoms with Crippen LogP contribution in [0.2, 0.25) is 0 Å². The molecule has 3 heterocycles. The average Bonchev–Trinajstić information content (AvgIpc) is 3.15. The van der Waals surface area contributed by atoms with Crippen molar-refractivity contribution in [2.24, 2.45) is 5.10 Å². The molecule has 0 saturated carbocycles. The van der Waals surface area contributed by atoms with Crippen molar-refractivity contribution >= 4 is 33.3 Å². The smallest absolute Gasteiger partial charge is 0.398 e. The minimum atomic E-state index is -2.93. The Bertz CT molecular complexity index is 840. The molecular weight excluding hydrogens is 344 g/mol. The first kappa shape index (κ1) is 15.6. The molecule has 9 nitrogen and oxygen atoms in total. The zero-order valence-electron chi connectivity index (χ0n) is 11.8. The molecule has 23 heavy (non-hydrogen) atoms. The summed E-state index contributed by atoms with van der Waals surface area (Å²) in [6, 6.07) is 2.77. The SMILES string of the molecule is O=[N+]([O-])c1ccc(-c2nc(/C=N\N3CCS(=O)(=O)CC3)cs2)o1. The predicted molar refractivity (Wildman–Crippen MR) is 84.3 cm³/mol. The summed E-state index contributed by atoms with van der Waals surface area (Å²) in [6.45, 7) is 0.723. The fourth-order valence-corrected chi connectivity index (χ4v) is 3.87. The molecule has 122 valence electrons. The maximum Gasteiger partial charge on any atom is 0.433 e. The number of aromatic nitrogens is 1. The zero-order valence-corrected chi connectivity index (χ0v) is 13.4. The molecule has 0 aromatic carbocycles. The van der Waals surface area contributed by atoms with E-state index < -0.39 is 14.8 Å². The van der Waals surface area contributed by atoms with Crippen molar-refractivity contribution in [1.29, 1.82) is 0 Å². The van der Waals surface area contributed by atoms with Crippen LogP contribution >= 0.6 is 11.3 Å². The Morgan fingerprint density at radius 2 is 2.13 bits per heavy atom. The van der Waals surface area contributed by atoms with Crippen molar-refractivity contribution < 1.29 is 17.8 Å². The molecule has 0 radical (unpaired) electrons. The first-order valence-electron chi connectivity index (χ1n) is 6.62. The monoisotopic (exact) mass is 356 g/mol. The van der Waals surface area contributed by atoms with Crippen LogP contribution in [0.5, 0.6) is 0 Å². The highest BCUT2D eigenvalue weighted by molar-refractivity contribution is 7.91. The predicted octanol–water partition coefficient (Wildman–Crippen LogP) is 1.38. The van der Waals surface area contributed by atoms with E-state index in [1.807, 2.05) is 0 Å². The summed E-state index contributed by atoms with van der Waals surface area (Å²) >= 11 is 1.28. The van der Waals surface area contributed by atoms with Crippen LogP contribution in [-0.2, 0) is 9.84 Å². The Morgan fingerprint density at radius 3 is 2.78 bits per heavy atom. The quantitative estimate of drug-likeness (QED) is 0.461. The fraction of sp³-hybridized carbons (Fsp3) is 0.333. The molecule has 0 atom stereocenters. The van der Waals surface area contributed by atoms with E-state index in [-0.39, 0.29) is 17.4 Å². The van der Waals surface area contributed by atoms with Crippen LogP contribution < -0.4 is 0 Å². The average molecular weight is 356 g/mol. The molecule has 3 rings (SSSR count). The van der Waals surface area contributed by atoms with Gasteiger partial charge >= 0.3 is 5.88 Å². The second-order valence-corrected chi connectivity index (χ2v) is 7.98. The molecule has 0 spiro atoms. The molecule has 1 aliphatic heterocycles. The van der Waals surface area contributed by atoms with Gasteiger partial charge in [0.2, 0.25) is 0 Å². The van der Waals surface area contributed by atoms with E-state index >= 15 is 0 Å². The van der Waals surface area contributed by atoms with Gasteiger partial charge in [-0.05, 0) is 6.07 Å². The van der Waals surface area contributed by atoms with E-state index in [2.05, 4.69) is 10.1 Å². The summed E-state index contributed by atoms with van der Waals surface area (Å²) in [5, 5.41) is 18.7. The lowest BCUT2D eigenvalue weighted by atomic mass is 10.4. The number of hydrogen-bond acceptors (Lipinski definition) is 9. The van der Waals surface area contributed by atoms with Crippen molar-refractivity contribution in [2.75, 3.05) is 24.6 Å². The van der Waals surface area contributed by atoms with Crippen molar-refractivity contribution in [2.45, 2.75) is 0 Å². The van der Waals surface area contributed by atoms with E-state index in [0.29, 0.717) is 29.6 Å². The number of nitro groups is 1. The lowest BCUT2D eigenvalue weighted by molar-refractivity contribution is -0.401. The van der Waals surface area contributed by atoms with Gasteiger partial charge in [0.05, 0.1) is 42.6 Å². The lowest BCUT2D eigenvalue weighted by Crippen LogP contribution is -2.37. The Hall–Kier alpha value is -2.27. The first-order valence-corrected chi connectivity index (χ1v) is 9.32. The van der Waals surface area contributed by atoms with Gasteiger partial charge in [-0.2, -0.15) is 5.10 Å². The van der Waals surface area contributed by atoms with Crippen molar-refractivity contribution in [1.82, 2.24) is 9.99 Å². The minimum Gasteiger partial charge on any atom is -0.398 e. The van der Waals surface area contributed by atoms with Crippen LogP contribution in [0, 0.1) is 10.1 Å². The second-order valence-electron chi connectivity index (χ2n) is 4.82. The molecule has 1 fully saturated rings. The summed E-state index contributed by atoms with van der Waals surface area (Å²) in [6.07, 6.45) is 1.54. The number of rotatable bonds is 4. The molecule has 11 heteroatoms. The number of hydrogen-bond donors (Lipinski definition) is 0. The van der Waals surface area contributed by atoms with Gasteiger partial charge in [-0.1, -0.05) is 0 Å². The van der Waals surface area contributed by atoms with E-state index in [9.17, 15) is 18.5 Å². The van der Waals surface area contributed by atoms with Gasteiger partial charge in [0.1, 0.15) is 4.92 Å². The van der Waals surface area contributed by atoms with Gasteiger partial charge in [0, 0.05) is 5.38 Å². The van der Waals surface area contributed by atoms with E-state index in [4.69, 9.17) is 4.42 Å². The third kappa shape index (κ3) is 3.74. The Labute approximate surface area is 135 Å². The third-order valence-corrected chi connectivity index (χ3v) is 5.66. The van der Waals surface area contributed by atoms with Gasteiger partial charge in [-0.25, -0.2) is 13.4 Å². The second kappa shape index (κ2) is 6.08. The third-order valence-electron chi connectivity index (χ3n) is 3.18. The molecule has 1 saturated heterocycles. The molecule has 2 aromatic rings. The summed E-state index contributed by atoms with van der Waals surface area (Å²) in [7, 11) is -2.93. The molecule has 0 N–H and O–H groups in total. The summed E-state index contributed by atoms with van der Waals surface area (Å²) < 4.78 is 27.8. The highest BCUT2D eigenvalue weighted by Gasteiger charge is 2.20. The Morgan fingerprint density at radius 1 is 1.39 bits per heavy atom. The van der Waals surface area contributed by atoms with Crippen LogP contribution in [0.3, 0.4) is 0 Å². The number of furan rings is 1.